The molecule has 0 saturated carbocycles. The Morgan fingerprint density at radius 3 is 3.00 bits per heavy atom. The first-order valence-electron chi connectivity index (χ1n) is 5.88. The second-order valence-corrected chi connectivity index (χ2v) is 6.84. The van der Waals surface area contributed by atoms with E-state index in [1.165, 1.54) is 4.88 Å². The van der Waals surface area contributed by atoms with Crippen molar-refractivity contribution >= 4 is 40.6 Å². The maximum atomic E-state index is 11.5. The topological polar surface area (TPSA) is 38.3 Å². The second kappa shape index (κ2) is 9.42. The van der Waals surface area contributed by atoms with E-state index in [9.17, 15) is 4.79 Å². The fourth-order valence-electron chi connectivity index (χ4n) is 1.23. The minimum Gasteiger partial charge on any atom is -0.375 e. The highest BCUT2D eigenvalue weighted by Gasteiger charge is 2.03. The molecule has 0 saturated heterocycles. The molecule has 106 valence electrons. The second-order valence-electron chi connectivity index (χ2n) is 4.06. The predicted molar refractivity (Wildman–Crippen MR) is 84.1 cm³/mol. The molecule has 3 nitrogen and oxygen atoms in total. The van der Waals surface area contributed by atoms with Crippen LogP contribution in [-0.2, 0) is 15.3 Å². The Balaban J connectivity index is 2.00. The SMILES string of the molecule is C=C(C)COCCNC(=O)CSCc1ccc(Cl)s1. The van der Waals surface area contributed by atoms with Crippen LogP contribution in [0.5, 0.6) is 0 Å². The molecule has 0 aromatic carbocycles. The number of carbonyl (C=O) groups is 1. The monoisotopic (exact) mass is 319 g/mol. The van der Waals surface area contributed by atoms with Crippen LogP contribution in [0.15, 0.2) is 24.3 Å². The largest absolute Gasteiger partial charge is 0.375 e. The van der Waals surface area contributed by atoms with Gasteiger partial charge in [0.1, 0.15) is 0 Å². The summed E-state index contributed by atoms with van der Waals surface area (Å²) in [7, 11) is 0. The molecule has 1 aromatic heterocycles. The standard InChI is InChI=1S/C13H18ClNO2S2/c1-10(2)7-17-6-5-15-13(16)9-18-8-11-3-4-12(14)19-11/h3-4H,1,5-9H2,2H3,(H,15,16). The molecule has 0 unspecified atom stereocenters. The maximum Gasteiger partial charge on any atom is 0.230 e. The molecule has 1 N–H and O–H groups in total. The lowest BCUT2D eigenvalue weighted by molar-refractivity contribution is -0.118. The summed E-state index contributed by atoms with van der Waals surface area (Å²) in [6.45, 7) is 7.25. The van der Waals surface area contributed by atoms with Gasteiger partial charge in [-0.25, -0.2) is 0 Å². The Morgan fingerprint density at radius 1 is 1.58 bits per heavy atom. The number of hydrogen-bond acceptors (Lipinski definition) is 4. The Bertz CT molecular complexity index is 421. The van der Waals surface area contributed by atoms with Crippen LogP contribution in [0.4, 0.5) is 0 Å². The van der Waals surface area contributed by atoms with Gasteiger partial charge in [-0.1, -0.05) is 23.8 Å². The number of thioether (sulfide) groups is 1. The van der Waals surface area contributed by atoms with E-state index < -0.39 is 0 Å². The summed E-state index contributed by atoms with van der Waals surface area (Å²) in [5.74, 6) is 1.30. The van der Waals surface area contributed by atoms with Crippen LogP contribution in [0.1, 0.15) is 11.8 Å². The van der Waals surface area contributed by atoms with Gasteiger partial charge in [-0.2, -0.15) is 0 Å². The van der Waals surface area contributed by atoms with Crippen molar-refractivity contribution in [2.24, 2.45) is 0 Å². The van der Waals surface area contributed by atoms with Crippen molar-refractivity contribution in [3.8, 4) is 0 Å². The number of halogens is 1. The highest BCUT2D eigenvalue weighted by atomic mass is 35.5. The quantitative estimate of drug-likeness (QED) is 0.560. The van der Waals surface area contributed by atoms with E-state index in [2.05, 4.69) is 11.9 Å². The minimum absolute atomic E-state index is 0.0339. The molecule has 1 heterocycles. The van der Waals surface area contributed by atoms with Crippen molar-refractivity contribution in [3.63, 3.8) is 0 Å². The van der Waals surface area contributed by atoms with E-state index in [1.54, 1.807) is 23.1 Å². The van der Waals surface area contributed by atoms with Crippen molar-refractivity contribution in [2.75, 3.05) is 25.5 Å². The van der Waals surface area contributed by atoms with Gasteiger partial charge in [-0.3, -0.25) is 4.79 Å². The first-order valence-corrected chi connectivity index (χ1v) is 8.23. The number of thiophene rings is 1. The first kappa shape index (κ1) is 16.6. The lowest BCUT2D eigenvalue weighted by Gasteiger charge is -2.06. The van der Waals surface area contributed by atoms with Crippen LogP contribution in [0.25, 0.3) is 0 Å². The molecular formula is C13H18ClNO2S2. The Labute approximate surface area is 127 Å². The average molecular weight is 320 g/mol. The molecular weight excluding hydrogens is 302 g/mol. The van der Waals surface area contributed by atoms with Crippen molar-refractivity contribution in [1.82, 2.24) is 5.32 Å². The van der Waals surface area contributed by atoms with Crippen molar-refractivity contribution in [2.45, 2.75) is 12.7 Å². The van der Waals surface area contributed by atoms with Crippen molar-refractivity contribution in [3.05, 3.63) is 33.5 Å². The van der Waals surface area contributed by atoms with Crippen molar-refractivity contribution in [1.29, 1.82) is 0 Å². The van der Waals surface area contributed by atoms with Gasteiger partial charge in [0.2, 0.25) is 5.91 Å². The molecule has 0 aliphatic heterocycles. The summed E-state index contributed by atoms with van der Waals surface area (Å²) in [5, 5.41) is 2.81. The number of rotatable bonds is 9. The number of ether oxygens (including phenoxy) is 1. The van der Waals surface area contributed by atoms with Crippen LogP contribution in [0.2, 0.25) is 4.34 Å². The summed E-state index contributed by atoms with van der Waals surface area (Å²) < 4.78 is 6.07. The molecule has 0 radical (unpaired) electrons. The van der Waals surface area contributed by atoms with E-state index in [1.807, 2.05) is 19.1 Å². The Morgan fingerprint density at radius 2 is 2.37 bits per heavy atom. The summed E-state index contributed by atoms with van der Waals surface area (Å²) in [6, 6.07) is 3.87. The molecule has 1 aromatic rings. The van der Waals surface area contributed by atoms with E-state index >= 15 is 0 Å². The smallest absolute Gasteiger partial charge is 0.230 e. The number of nitrogens with one attached hydrogen (secondary N) is 1. The minimum atomic E-state index is 0.0339. The average Bonchev–Trinajstić information content (AvgIpc) is 2.74. The van der Waals surface area contributed by atoms with Crippen LogP contribution in [0.3, 0.4) is 0 Å². The fourth-order valence-corrected chi connectivity index (χ4v) is 3.29. The van der Waals surface area contributed by atoms with Crippen LogP contribution in [0, 0.1) is 0 Å². The van der Waals surface area contributed by atoms with Gasteiger partial charge in [0.05, 0.1) is 23.3 Å². The van der Waals surface area contributed by atoms with Gasteiger partial charge in [0.25, 0.3) is 0 Å². The fraction of sp³-hybridized carbons (Fsp3) is 0.462. The third-order valence-corrected chi connectivity index (χ3v) is 4.42. The van der Waals surface area contributed by atoms with Gasteiger partial charge in [0, 0.05) is 17.2 Å². The molecule has 19 heavy (non-hydrogen) atoms. The van der Waals surface area contributed by atoms with Gasteiger partial charge >= 0.3 is 0 Å². The molecule has 0 fully saturated rings. The highest BCUT2D eigenvalue weighted by molar-refractivity contribution is 7.99. The van der Waals surface area contributed by atoms with Gasteiger partial charge in [0.15, 0.2) is 0 Å². The highest BCUT2D eigenvalue weighted by Crippen LogP contribution is 2.24. The Kier molecular flexibility index (Phi) is 8.21. The lowest BCUT2D eigenvalue weighted by Crippen LogP contribution is -2.28. The molecule has 1 rings (SSSR count). The van der Waals surface area contributed by atoms with Crippen molar-refractivity contribution < 1.29 is 9.53 Å². The number of amides is 1. The molecule has 0 spiro atoms. The number of carbonyl (C=O) groups excluding carboxylic acids is 1. The zero-order valence-corrected chi connectivity index (χ0v) is 13.3. The summed E-state index contributed by atoms with van der Waals surface area (Å²) >= 11 is 8.96. The van der Waals surface area contributed by atoms with Gasteiger partial charge < -0.3 is 10.1 Å². The first-order chi connectivity index (χ1) is 9.08. The predicted octanol–water partition coefficient (Wildman–Crippen LogP) is 3.34. The molecule has 6 heteroatoms. The summed E-state index contributed by atoms with van der Waals surface area (Å²) in [4.78, 5) is 12.7. The van der Waals surface area contributed by atoms with Crippen LogP contribution >= 0.6 is 34.7 Å². The number of hydrogen-bond donors (Lipinski definition) is 1. The third-order valence-electron chi connectivity index (χ3n) is 2.02. The van der Waals surface area contributed by atoms with E-state index in [-0.39, 0.29) is 5.91 Å². The zero-order chi connectivity index (χ0) is 14.1. The molecule has 0 aliphatic rings. The van der Waals surface area contributed by atoms with Gasteiger partial charge in [-0.15, -0.1) is 23.1 Å². The normalized spacial score (nSPS) is 10.4. The maximum absolute atomic E-state index is 11.5. The van der Waals surface area contributed by atoms with E-state index in [0.717, 1.165) is 15.7 Å². The molecule has 0 aliphatic carbocycles. The lowest BCUT2D eigenvalue weighted by atomic mass is 10.4. The Hall–Kier alpha value is -0.490. The van der Waals surface area contributed by atoms with E-state index in [4.69, 9.17) is 16.3 Å². The van der Waals surface area contributed by atoms with E-state index in [0.29, 0.717) is 25.5 Å². The van der Waals surface area contributed by atoms with Crippen LogP contribution < -0.4 is 5.32 Å². The summed E-state index contributed by atoms with van der Waals surface area (Å²) in [6.07, 6.45) is 0. The molecule has 0 atom stereocenters. The van der Waals surface area contributed by atoms with Crippen LogP contribution in [-0.4, -0.2) is 31.4 Å². The zero-order valence-electron chi connectivity index (χ0n) is 10.9. The summed E-state index contributed by atoms with van der Waals surface area (Å²) in [5.41, 5.74) is 0.983. The van der Waals surface area contributed by atoms with Gasteiger partial charge in [-0.05, 0) is 19.1 Å². The third kappa shape index (κ3) is 8.31. The molecule has 1 amide bonds. The molecule has 0 bridgehead atoms.